The van der Waals surface area contributed by atoms with Gasteiger partial charge in [-0.25, -0.2) is 5.56 Å². The molecule has 1 aliphatic rings. The molecular weight excluding hydrogens is 872 g/mol. The Kier molecular flexibility index (Phi) is 7.90. The van der Waals surface area contributed by atoms with Crippen molar-refractivity contribution in [3.63, 3.8) is 0 Å². The first-order valence-corrected chi connectivity index (χ1v) is 18.8. The van der Waals surface area contributed by atoms with Crippen LogP contribution in [-0.4, -0.2) is 5.11 Å². The number of rotatable bonds is 7. The van der Waals surface area contributed by atoms with Gasteiger partial charge in [-0.15, -0.1) is 63.2 Å². The summed E-state index contributed by atoms with van der Waals surface area (Å²) in [6.45, 7) is 10.8. The van der Waals surface area contributed by atoms with Crippen LogP contribution >= 0.6 is 0 Å². The predicted molar refractivity (Wildman–Crippen MR) is 235 cm³/mol. The molecule has 0 saturated carbocycles. The molecule has 7 aromatic rings. The van der Waals surface area contributed by atoms with Crippen LogP contribution in [0.3, 0.4) is 0 Å². The molecular formula is C55H49OPt-3. The fourth-order valence-corrected chi connectivity index (χ4v) is 7.56. The maximum absolute atomic E-state index is 11.8. The molecule has 0 fully saturated rings. The molecule has 1 nitrogen and oxygen atoms in total. The minimum atomic E-state index is -2.96. The van der Waals surface area contributed by atoms with Crippen LogP contribution in [-0.2, 0) is 26.5 Å². The zero-order chi connectivity index (χ0) is 48.8. The van der Waals surface area contributed by atoms with Crippen LogP contribution in [0.1, 0.15) is 112 Å². The van der Waals surface area contributed by atoms with Gasteiger partial charge in [0.15, 0.2) is 0 Å². The summed E-state index contributed by atoms with van der Waals surface area (Å²) in [7, 11) is 0. The molecule has 0 amide bonds. The number of aromatic hydroxyl groups is 1. The fraction of sp³-hybridized carbons (Fsp3) is 0.200. The second-order valence-electron chi connectivity index (χ2n) is 15.8. The molecule has 0 saturated heterocycles. The maximum Gasteiger partial charge on any atom is 0.0854 e. The molecule has 0 bridgehead atoms. The molecule has 0 spiro atoms. The summed E-state index contributed by atoms with van der Waals surface area (Å²) in [5.41, 5.74) is 9.04. The Balaban J connectivity index is 0.00000684. The second-order valence-corrected chi connectivity index (χ2v) is 15.8. The number of phenols is 1. The zero-order valence-corrected chi connectivity index (χ0v) is 35.3. The van der Waals surface area contributed by atoms with Gasteiger partial charge in [0.2, 0.25) is 0 Å². The van der Waals surface area contributed by atoms with E-state index in [1.54, 1.807) is 0 Å². The molecule has 0 aromatic heterocycles. The van der Waals surface area contributed by atoms with E-state index in [9.17, 15) is 6.48 Å². The van der Waals surface area contributed by atoms with Crippen LogP contribution in [0.4, 0.5) is 0 Å². The third-order valence-electron chi connectivity index (χ3n) is 10.5. The number of fused-ring (bicyclic) bond motifs is 1. The van der Waals surface area contributed by atoms with Crippen molar-refractivity contribution in [3.8, 4) is 50.3 Å². The number of hydrogen-bond donors (Lipinski definition) is 1. The molecule has 8 rings (SSSR count). The molecule has 1 N–H and O–H groups in total. The summed E-state index contributed by atoms with van der Waals surface area (Å²) in [5.74, 6) is -1.15. The zero-order valence-electron chi connectivity index (χ0n) is 44.0. The molecule has 288 valence electrons. The van der Waals surface area contributed by atoms with Crippen LogP contribution < -0.4 is 0 Å². The minimum Gasteiger partial charge on any atom is -0.517 e. The molecule has 1 atom stereocenters. The molecule has 0 heterocycles. The van der Waals surface area contributed by atoms with Gasteiger partial charge in [-0.2, -0.15) is 35.8 Å². The summed E-state index contributed by atoms with van der Waals surface area (Å²) in [4.78, 5) is 0. The molecule has 1 aliphatic carbocycles. The molecule has 0 aliphatic heterocycles. The number of benzene rings is 7. The van der Waals surface area contributed by atoms with E-state index >= 15 is 0 Å². The van der Waals surface area contributed by atoms with Gasteiger partial charge in [-0.05, 0) is 74.0 Å². The summed E-state index contributed by atoms with van der Waals surface area (Å²) >= 11 is 0. The van der Waals surface area contributed by atoms with E-state index in [2.05, 4.69) is 48.5 Å². The SMILES string of the molecule is [2H]c1[c-]c(-c2[c-]c(-c3cccc4c3[C-]=C(c3cc(C)cc(C)c3O)C4c3ccc(C([2H])(C)C)cc3-c3ccccc3)cc(C(C)(C)C)c2)c([2H])c(-c2c([2H])c([2H])c(C([2H])([2H])[2H])c([2H])c2[2H])c1[2H].[Pt]. The van der Waals surface area contributed by atoms with E-state index < -0.39 is 71.5 Å². The average molecular weight is 932 g/mol. The average Bonchev–Trinajstić information content (AvgIpc) is 3.65. The second kappa shape index (κ2) is 16.0. The first-order chi connectivity index (χ1) is 31.3. The van der Waals surface area contributed by atoms with Crippen molar-refractivity contribution in [1.82, 2.24) is 0 Å². The van der Waals surface area contributed by atoms with Crippen LogP contribution in [0.2, 0.25) is 0 Å². The molecule has 2 heteroatoms. The van der Waals surface area contributed by atoms with Crippen molar-refractivity contribution in [2.45, 2.75) is 72.5 Å². The Morgan fingerprint density at radius 3 is 2.19 bits per heavy atom. The number of phenolic OH excluding ortho intramolecular Hbond substituents is 1. The Morgan fingerprint density at radius 2 is 1.47 bits per heavy atom. The summed E-state index contributed by atoms with van der Waals surface area (Å²) in [6, 6.07) is 31.9. The monoisotopic (exact) mass is 931 g/mol. The Hall–Kier alpha value is -5.23. The van der Waals surface area contributed by atoms with E-state index in [4.69, 9.17) is 13.7 Å². The molecule has 1 unspecified atom stereocenters. The smallest absolute Gasteiger partial charge is 0.0854 e. The first-order valence-electron chi connectivity index (χ1n) is 24.3. The predicted octanol–water partition coefficient (Wildman–Crippen LogP) is 14.4. The standard InChI is InChI=1S/C55H49O.Pt/c1-34(2)40-24-25-48(49(32-40)39-14-10-9-11-15-39)53-47-19-13-18-46(50(47)33-51(53)52-27-36(4)26-37(5)54(52)56)44-29-43(30-45(31-44)55(6,7)8)42-17-12-16-41(28-42)38-22-20-35(3)21-23-38;/h9-16,18-28,30-32,34,53,56H,1-8H3;/q-3;/i3D3,12D,16D,20D,21D,22D,23D,28D,34D;. The van der Waals surface area contributed by atoms with Crippen LogP contribution in [0.25, 0.3) is 50.1 Å². The summed E-state index contributed by atoms with van der Waals surface area (Å²) in [6.07, 6.45) is 3.78. The summed E-state index contributed by atoms with van der Waals surface area (Å²) in [5, 5.41) is 11.8. The van der Waals surface area contributed by atoms with Gasteiger partial charge >= 0.3 is 0 Å². The van der Waals surface area contributed by atoms with E-state index in [0.717, 1.165) is 61.2 Å². The van der Waals surface area contributed by atoms with E-state index in [-0.39, 0.29) is 44.0 Å². The normalized spacial score (nSPS) is 16.8. The van der Waals surface area contributed by atoms with Crippen molar-refractivity contribution < 1.29 is 41.3 Å². The van der Waals surface area contributed by atoms with Crippen molar-refractivity contribution in [2.75, 3.05) is 0 Å². The molecule has 0 radical (unpaired) electrons. The minimum absolute atomic E-state index is 0. The quantitative estimate of drug-likeness (QED) is 0.158. The van der Waals surface area contributed by atoms with Gasteiger partial charge in [0.25, 0.3) is 0 Å². The van der Waals surface area contributed by atoms with E-state index in [1.807, 2.05) is 109 Å². The third kappa shape index (κ3) is 7.88. The van der Waals surface area contributed by atoms with Crippen LogP contribution in [0, 0.1) is 38.9 Å². The molecule has 57 heavy (non-hydrogen) atoms. The fourth-order valence-electron chi connectivity index (χ4n) is 7.56. The van der Waals surface area contributed by atoms with Gasteiger partial charge in [0, 0.05) is 27.9 Å². The van der Waals surface area contributed by atoms with Gasteiger partial charge in [-0.1, -0.05) is 148 Å². The van der Waals surface area contributed by atoms with Gasteiger partial charge in [0.05, 0.1) is 11.2 Å². The van der Waals surface area contributed by atoms with E-state index in [0.29, 0.717) is 16.7 Å². The van der Waals surface area contributed by atoms with Crippen molar-refractivity contribution in [2.24, 2.45) is 0 Å². The van der Waals surface area contributed by atoms with Gasteiger partial charge in [0.1, 0.15) is 0 Å². The Bertz CT molecular complexity index is 3170. The number of hydrogen-bond acceptors (Lipinski definition) is 1. The molecule has 7 aromatic carbocycles. The van der Waals surface area contributed by atoms with Crippen molar-refractivity contribution in [3.05, 3.63) is 202 Å². The van der Waals surface area contributed by atoms with Crippen LogP contribution in [0.5, 0.6) is 5.75 Å². The largest absolute Gasteiger partial charge is 0.517 e. The Labute approximate surface area is 369 Å². The Morgan fingerprint density at radius 1 is 0.719 bits per heavy atom. The number of allylic oxidation sites excluding steroid dienone is 1. The first kappa shape index (κ1) is 28.2. The maximum atomic E-state index is 11.8. The van der Waals surface area contributed by atoms with Crippen LogP contribution in [0.15, 0.2) is 133 Å². The van der Waals surface area contributed by atoms with Gasteiger partial charge < -0.3 is 5.11 Å². The number of aryl methyl sites for hydroxylation is 2. The van der Waals surface area contributed by atoms with Crippen molar-refractivity contribution in [1.29, 1.82) is 0 Å². The van der Waals surface area contributed by atoms with Crippen molar-refractivity contribution >= 4 is 5.57 Å². The topological polar surface area (TPSA) is 20.2 Å². The van der Waals surface area contributed by atoms with E-state index in [1.165, 1.54) is 0 Å². The van der Waals surface area contributed by atoms with Gasteiger partial charge in [-0.3, -0.25) is 0 Å². The third-order valence-corrected chi connectivity index (χ3v) is 10.5. The summed E-state index contributed by atoms with van der Waals surface area (Å²) < 4.78 is 94.8.